The maximum absolute atomic E-state index is 5.94. The number of hydrogen-bond acceptors (Lipinski definition) is 3. The van der Waals surface area contributed by atoms with Crippen LogP contribution in [0.3, 0.4) is 0 Å². The first-order valence-corrected chi connectivity index (χ1v) is 6.08. The molecule has 0 radical (unpaired) electrons. The van der Waals surface area contributed by atoms with Gasteiger partial charge in [0.1, 0.15) is 5.82 Å². The molecule has 2 N–H and O–H groups in total. The second-order valence-corrected chi connectivity index (χ2v) is 5.59. The summed E-state index contributed by atoms with van der Waals surface area (Å²) in [6, 6.07) is 7.94. The van der Waals surface area contributed by atoms with Gasteiger partial charge in [-0.1, -0.05) is 32.9 Å². The van der Waals surface area contributed by atoms with Gasteiger partial charge in [0.25, 0.3) is 0 Å². The van der Waals surface area contributed by atoms with Crippen LogP contribution in [0, 0.1) is 6.92 Å². The molecule has 0 unspecified atom stereocenters. The smallest absolute Gasteiger partial charge is 0.134 e. The zero-order valence-electron chi connectivity index (χ0n) is 11.4. The van der Waals surface area contributed by atoms with Gasteiger partial charge in [0, 0.05) is 22.9 Å². The first-order valence-electron chi connectivity index (χ1n) is 6.08. The van der Waals surface area contributed by atoms with Gasteiger partial charge in [-0.05, 0) is 24.6 Å². The van der Waals surface area contributed by atoms with Gasteiger partial charge in [0.15, 0.2) is 0 Å². The van der Waals surface area contributed by atoms with Crippen LogP contribution in [0.1, 0.15) is 32.2 Å². The Balaban J connectivity index is 2.48. The quantitative estimate of drug-likeness (QED) is 0.779. The van der Waals surface area contributed by atoms with Crippen molar-refractivity contribution in [3.8, 4) is 11.3 Å². The number of anilines is 1. The molecule has 94 valence electrons. The molecule has 1 aromatic heterocycles. The molecule has 0 spiro atoms. The van der Waals surface area contributed by atoms with Crippen molar-refractivity contribution in [3.63, 3.8) is 0 Å². The lowest BCUT2D eigenvalue weighted by atomic mass is 9.95. The number of rotatable bonds is 1. The predicted octanol–water partition coefficient (Wildman–Crippen LogP) is 3.33. The topological polar surface area (TPSA) is 51.8 Å². The Morgan fingerprint density at radius 1 is 1.11 bits per heavy atom. The summed E-state index contributed by atoms with van der Waals surface area (Å²) in [7, 11) is 0. The number of hydrogen-bond donors (Lipinski definition) is 1. The van der Waals surface area contributed by atoms with E-state index in [2.05, 4.69) is 30.7 Å². The van der Waals surface area contributed by atoms with Crippen LogP contribution < -0.4 is 5.73 Å². The molecule has 0 aliphatic heterocycles. The van der Waals surface area contributed by atoms with E-state index in [1.807, 2.05) is 31.2 Å². The van der Waals surface area contributed by atoms with Crippen molar-refractivity contribution in [2.45, 2.75) is 33.1 Å². The van der Waals surface area contributed by atoms with Crippen molar-refractivity contribution in [1.29, 1.82) is 0 Å². The number of nitrogen functional groups attached to an aromatic ring is 1. The van der Waals surface area contributed by atoms with Crippen molar-refractivity contribution in [2.75, 3.05) is 5.73 Å². The fraction of sp³-hybridized carbons (Fsp3) is 0.333. The van der Waals surface area contributed by atoms with Crippen molar-refractivity contribution < 1.29 is 0 Å². The number of aryl methyl sites for hydroxylation is 1. The third-order valence-corrected chi connectivity index (χ3v) is 2.90. The third-order valence-electron chi connectivity index (χ3n) is 2.90. The van der Waals surface area contributed by atoms with Gasteiger partial charge in [-0.3, -0.25) is 0 Å². The molecule has 1 aromatic carbocycles. The van der Waals surface area contributed by atoms with Crippen molar-refractivity contribution in [3.05, 3.63) is 41.9 Å². The summed E-state index contributed by atoms with van der Waals surface area (Å²) >= 11 is 0. The summed E-state index contributed by atoms with van der Waals surface area (Å²) in [5, 5.41) is 0. The Morgan fingerprint density at radius 2 is 1.83 bits per heavy atom. The zero-order chi connectivity index (χ0) is 13.3. The molecule has 0 aliphatic rings. The van der Waals surface area contributed by atoms with Gasteiger partial charge in [0.2, 0.25) is 0 Å². The maximum Gasteiger partial charge on any atom is 0.134 e. The molecule has 2 aromatic rings. The Kier molecular flexibility index (Phi) is 3.07. The van der Waals surface area contributed by atoms with Crippen LogP contribution in [0.2, 0.25) is 0 Å². The first-order chi connectivity index (χ1) is 8.38. The average molecular weight is 241 g/mol. The lowest BCUT2D eigenvalue weighted by Crippen LogP contribution is -2.15. The monoisotopic (exact) mass is 241 g/mol. The molecule has 0 atom stereocenters. The van der Waals surface area contributed by atoms with Crippen molar-refractivity contribution in [2.24, 2.45) is 0 Å². The minimum Gasteiger partial charge on any atom is -0.398 e. The average Bonchev–Trinajstić information content (AvgIpc) is 2.32. The van der Waals surface area contributed by atoms with Crippen LogP contribution in [0.25, 0.3) is 11.3 Å². The predicted molar refractivity (Wildman–Crippen MR) is 75.3 cm³/mol. The normalized spacial score (nSPS) is 11.6. The number of nitrogens with two attached hydrogens (primary N) is 1. The first kappa shape index (κ1) is 12.6. The fourth-order valence-corrected chi connectivity index (χ4v) is 1.68. The molecule has 2 rings (SSSR count). The standard InChI is InChI=1S/C15H19N3/c1-10-5-6-11(9-12(10)16)13-7-8-17-14(18-13)15(2,3)4/h5-9H,16H2,1-4H3. The molecular formula is C15H19N3. The van der Waals surface area contributed by atoms with Crippen LogP contribution in [-0.2, 0) is 5.41 Å². The third kappa shape index (κ3) is 2.50. The van der Waals surface area contributed by atoms with Gasteiger partial charge < -0.3 is 5.73 Å². The molecule has 0 saturated heterocycles. The molecule has 18 heavy (non-hydrogen) atoms. The van der Waals surface area contributed by atoms with Gasteiger partial charge in [-0.2, -0.15) is 0 Å². The summed E-state index contributed by atoms with van der Waals surface area (Å²) in [5.41, 5.74) is 9.72. The summed E-state index contributed by atoms with van der Waals surface area (Å²) in [6.45, 7) is 8.32. The Labute approximate surface area is 108 Å². The summed E-state index contributed by atoms with van der Waals surface area (Å²) in [6.07, 6.45) is 1.80. The highest BCUT2D eigenvalue weighted by Gasteiger charge is 2.17. The second kappa shape index (κ2) is 4.41. The summed E-state index contributed by atoms with van der Waals surface area (Å²) in [5.74, 6) is 0.846. The van der Waals surface area contributed by atoms with Crippen LogP contribution >= 0.6 is 0 Å². The van der Waals surface area contributed by atoms with E-state index in [1.165, 1.54) is 0 Å². The SMILES string of the molecule is Cc1ccc(-c2ccnc(C(C)(C)C)n2)cc1N. The van der Waals surface area contributed by atoms with Gasteiger partial charge >= 0.3 is 0 Å². The van der Waals surface area contributed by atoms with E-state index in [-0.39, 0.29) is 5.41 Å². The highest BCUT2D eigenvalue weighted by Crippen LogP contribution is 2.24. The minimum absolute atomic E-state index is 0.0494. The molecule has 0 bridgehead atoms. The van der Waals surface area contributed by atoms with E-state index in [9.17, 15) is 0 Å². The lowest BCUT2D eigenvalue weighted by Gasteiger charge is -2.17. The molecule has 0 fully saturated rings. The Hall–Kier alpha value is -1.90. The molecule has 1 heterocycles. The van der Waals surface area contributed by atoms with E-state index >= 15 is 0 Å². The van der Waals surface area contributed by atoms with Crippen LogP contribution in [0.4, 0.5) is 5.69 Å². The van der Waals surface area contributed by atoms with E-state index in [4.69, 9.17) is 5.73 Å². The maximum atomic E-state index is 5.94. The molecule has 3 heteroatoms. The molecule has 0 amide bonds. The van der Waals surface area contributed by atoms with E-state index in [0.717, 1.165) is 28.3 Å². The van der Waals surface area contributed by atoms with Crippen LogP contribution in [-0.4, -0.2) is 9.97 Å². The van der Waals surface area contributed by atoms with Crippen LogP contribution in [0.5, 0.6) is 0 Å². The van der Waals surface area contributed by atoms with Gasteiger partial charge in [0.05, 0.1) is 5.69 Å². The van der Waals surface area contributed by atoms with E-state index in [1.54, 1.807) is 6.20 Å². The van der Waals surface area contributed by atoms with Crippen molar-refractivity contribution in [1.82, 2.24) is 9.97 Å². The highest BCUT2D eigenvalue weighted by atomic mass is 14.9. The van der Waals surface area contributed by atoms with E-state index in [0.29, 0.717) is 0 Å². The second-order valence-electron chi connectivity index (χ2n) is 5.59. The number of aromatic nitrogens is 2. The summed E-state index contributed by atoms with van der Waals surface area (Å²) < 4.78 is 0. The van der Waals surface area contributed by atoms with Crippen LogP contribution in [0.15, 0.2) is 30.5 Å². The fourth-order valence-electron chi connectivity index (χ4n) is 1.68. The molecule has 0 saturated carbocycles. The Bertz CT molecular complexity index is 568. The largest absolute Gasteiger partial charge is 0.398 e. The zero-order valence-corrected chi connectivity index (χ0v) is 11.4. The highest BCUT2D eigenvalue weighted by molar-refractivity contribution is 5.65. The molecular weight excluding hydrogens is 222 g/mol. The van der Waals surface area contributed by atoms with Gasteiger partial charge in [-0.25, -0.2) is 9.97 Å². The summed E-state index contributed by atoms with van der Waals surface area (Å²) in [4.78, 5) is 8.95. The molecule has 3 nitrogen and oxygen atoms in total. The Morgan fingerprint density at radius 3 is 2.44 bits per heavy atom. The molecule has 0 aliphatic carbocycles. The van der Waals surface area contributed by atoms with Crippen molar-refractivity contribution >= 4 is 5.69 Å². The number of nitrogens with zero attached hydrogens (tertiary/aromatic N) is 2. The lowest BCUT2D eigenvalue weighted by molar-refractivity contribution is 0.546. The number of benzene rings is 1. The minimum atomic E-state index is -0.0494. The van der Waals surface area contributed by atoms with Gasteiger partial charge in [-0.15, -0.1) is 0 Å². The van der Waals surface area contributed by atoms with E-state index < -0.39 is 0 Å².